The average molecular weight is 365 g/mol. The van der Waals surface area contributed by atoms with E-state index in [1.54, 1.807) is 11.1 Å². The van der Waals surface area contributed by atoms with Gasteiger partial charge in [0.15, 0.2) is 12.6 Å². The number of hydrogen-bond acceptors (Lipinski definition) is 4. The summed E-state index contributed by atoms with van der Waals surface area (Å²) < 4.78 is 23.9. The second-order valence-corrected chi connectivity index (χ2v) is 8.47. The third kappa shape index (κ3) is 5.31. The molecule has 0 radical (unpaired) electrons. The van der Waals surface area contributed by atoms with Gasteiger partial charge in [-0.1, -0.05) is 11.1 Å². The van der Waals surface area contributed by atoms with Crippen LogP contribution in [-0.4, -0.2) is 38.0 Å². The number of hydrogen-bond donors (Lipinski definition) is 0. The lowest BCUT2D eigenvalue weighted by Gasteiger charge is -2.34. The van der Waals surface area contributed by atoms with Crippen molar-refractivity contribution in [2.75, 3.05) is 13.2 Å². The van der Waals surface area contributed by atoms with Crippen LogP contribution in [0.5, 0.6) is 0 Å². The first kappa shape index (κ1) is 18.9. The van der Waals surface area contributed by atoms with Gasteiger partial charge in [0, 0.05) is 13.2 Å². The molecule has 26 heavy (non-hydrogen) atoms. The van der Waals surface area contributed by atoms with E-state index < -0.39 is 0 Å². The molecule has 0 N–H and O–H groups in total. The van der Waals surface area contributed by atoms with E-state index in [2.05, 4.69) is 0 Å². The van der Waals surface area contributed by atoms with Gasteiger partial charge in [-0.2, -0.15) is 0 Å². The average Bonchev–Trinajstić information content (AvgIpc) is 2.71. The highest BCUT2D eigenvalue weighted by Gasteiger charge is 2.27. The molecule has 4 nitrogen and oxygen atoms in total. The van der Waals surface area contributed by atoms with E-state index in [-0.39, 0.29) is 12.6 Å². The molecule has 0 amide bonds. The lowest BCUT2D eigenvalue weighted by molar-refractivity contribution is -0.192. The maximum absolute atomic E-state index is 6.19. The minimum absolute atomic E-state index is 0.0672. The topological polar surface area (TPSA) is 36.9 Å². The molecule has 2 atom stereocenters. The van der Waals surface area contributed by atoms with Gasteiger partial charge in [-0.25, -0.2) is 0 Å². The molecule has 0 aromatic carbocycles. The fourth-order valence-electron chi connectivity index (χ4n) is 4.93. The zero-order valence-electron chi connectivity index (χ0n) is 16.3. The van der Waals surface area contributed by atoms with Crippen molar-refractivity contribution < 1.29 is 18.9 Å². The molecule has 2 aliphatic carbocycles. The first-order valence-corrected chi connectivity index (χ1v) is 11.1. The molecule has 2 saturated heterocycles. The fourth-order valence-corrected chi connectivity index (χ4v) is 4.93. The summed E-state index contributed by atoms with van der Waals surface area (Å²) in [6, 6.07) is 0. The maximum atomic E-state index is 6.19. The SMILES string of the molecule is C1CCC(OC2CCC(=C3CCC(OC4CCCCO4)CC3)CC2)OC1. The first-order valence-electron chi connectivity index (χ1n) is 11.1. The molecule has 2 aliphatic heterocycles. The largest absolute Gasteiger partial charge is 0.353 e. The van der Waals surface area contributed by atoms with Crippen molar-refractivity contribution in [2.24, 2.45) is 0 Å². The molecule has 2 heterocycles. The quantitative estimate of drug-likeness (QED) is 0.638. The van der Waals surface area contributed by atoms with Crippen LogP contribution in [0.4, 0.5) is 0 Å². The van der Waals surface area contributed by atoms with Crippen LogP contribution < -0.4 is 0 Å². The lowest BCUT2D eigenvalue weighted by atomic mass is 9.82. The molecule has 148 valence electrons. The molecular weight excluding hydrogens is 328 g/mol. The highest BCUT2D eigenvalue weighted by atomic mass is 16.7. The van der Waals surface area contributed by atoms with Gasteiger partial charge in [-0.3, -0.25) is 0 Å². The Morgan fingerprint density at radius 1 is 0.538 bits per heavy atom. The number of allylic oxidation sites excluding steroid dienone is 2. The highest BCUT2D eigenvalue weighted by molar-refractivity contribution is 5.18. The van der Waals surface area contributed by atoms with Crippen molar-refractivity contribution in [2.45, 2.75) is 115 Å². The zero-order valence-corrected chi connectivity index (χ0v) is 16.3. The van der Waals surface area contributed by atoms with Crippen LogP contribution in [0.15, 0.2) is 11.1 Å². The van der Waals surface area contributed by atoms with Gasteiger partial charge in [0.05, 0.1) is 12.2 Å². The standard InChI is InChI=1S/C22H36O4/c1-3-15-23-21(5-1)25-19-11-7-17(8-12-19)18-9-13-20(14-10-18)26-22-6-2-4-16-24-22/h19-22H,1-16H2. The smallest absolute Gasteiger partial charge is 0.157 e. The zero-order chi connectivity index (χ0) is 17.6. The summed E-state index contributed by atoms with van der Waals surface area (Å²) in [5.41, 5.74) is 3.45. The summed E-state index contributed by atoms with van der Waals surface area (Å²) in [5.74, 6) is 0. The fraction of sp³-hybridized carbons (Fsp3) is 0.909. The molecule has 0 bridgehead atoms. The predicted molar refractivity (Wildman–Crippen MR) is 101 cm³/mol. The van der Waals surface area contributed by atoms with Gasteiger partial charge in [-0.15, -0.1) is 0 Å². The van der Waals surface area contributed by atoms with E-state index in [0.29, 0.717) is 12.2 Å². The third-order valence-corrected chi connectivity index (χ3v) is 6.54. The molecule has 2 unspecified atom stereocenters. The van der Waals surface area contributed by atoms with E-state index in [1.165, 1.54) is 77.0 Å². The summed E-state index contributed by atoms with van der Waals surface area (Å²) in [5, 5.41) is 0. The van der Waals surface area contributed by atoms with Gasteiger partial charge < -0.3 is 18.9 Å². The van der Waals surface area contributed by atoms with Crippen molar-refractivity contribution in [3.8, 4) is 0 Å². The second-order valence-electron chi connectivity index (χ2n) is 8.47. The van der Waals surface area contributed by atoms with Crippen molar-refractivity contribution in [1.82, 2.24) is 0 Å². The summed E-state index contributed by atoms with van der Waals surface area (Å²) in [4.78, 5) is 0. The van der Waals surface area contributed by atoms with Gasteiger partial charge in [-0.05, 0) is 89.9 Å². The maximum Gasteiger partial charge on any atom is 0.157 e. The van der Waals surface area contributed by atoms with Gasteiger partial charge in [0.25, 0.3) is 0 Å². The van der Waals surface area contributed by atoms with Gasteiger partial charge >= 0.3 is 0 Å². The van der Waals surface area contributed by atoms with Crippen LogP contribution in [0.3, 0.4) is 0 Å². The predicted octanol–water partition coefficient (Wildman–Crippen LogP) is 5.25. The molecular formula is C22H36O4. The Morgan fingerprint density at radius 2 is 0.962 bits per heavy atom. The van der Waals surface area contributed by atoms with Gasteiger partial charge in [0.2, 0.25) is 0 Å². The molecule has 2 saturated carbocycles. The van der Waals surface area contributed by atoms with Crippen LogP contribution >= 0.6 is 0 Å². The highest BCUT2D eigenvalue weighted by Crippen LogP contribution is 2.36. The Hall–Kier alpha value is -0.420. The van der Waals surface area contributed by atoms with Crippen LogP contribution in [0.2, 0.25) is 0 Å². The van der Waals surface area contributed by atoms with Crippen LogP contribution in [-0.2, 0) is 18.9 Å². The van der Waals surface area contributed by atoms with Crippen molar-refractivity contribution >= 4 is 0 Å². The first-order chi connectivity index (χ1) is 12.9. The summed E-state index contributed by atoms with van der Waals surface area (Å²) in [6.07, 6.45) is 17.6. The Morgan fingerprint density at radius 3 is 1.31 bits per heavy atom. The van der Waals surface area contributed by atoms with E-state index >= 15 is 0 Å². The number of ether oxygens (including phenoxy) is 4. The van der Waals surface area contributed by atoms with E-state index in [1.807, 2.05) is 0 Å². The minimum atomic E-state index is 0.0672. The van der Waals surface area contributed by atoms with Crippen molar-refractivity contribution in [3.05, 3.63) is 11.1 Å². The summed E-state index contributed by atoms with van der Waals surface area (Å²) >= 11 is 0. The van der Waals surface area contributed by atoms with Crippen LogP contribution in [0.1, 0.15) is 89.9 Å². The Balaban J connectivity index is 1.18. The number of rotatable bonds is 4. The van der Waals surface area contributed by atoms with E-state index in [9.17, 15) is 0 Å². The Labute approximate surface area is 158 Å². The van der Waals surface area contributed by atoms with Crippen molar-refractivity contribution in [3.63, 3.8) is 0 Å². The van der Waals surface area contributed by atoms with Crippen LogP contribution in [0, 0.1) is 0 Å². The van der Waals surface area contributed by atoms with Crippen molar-refractivity contribution in [1.29, 1.82) is 0 Å². The molecule has 4 fully saturated rings. The molecule has 0 aromatic heterocycles. The van der Waals surface area contributed by atoms with E-state index in [0.717, 1.165) is 26.1 Å². The second kappa shape index (κ2) is 9.68. The Bertz CT molecular complexity index is 401. The molecule has 4 rings (SSSR count). The summed E-state index contributed by atoms with van der Waals surface area (Å²) in [6.45, 7) is 1.75. The van der Waals surface area contributed by atoms with Gasteiger partial charge in [0.1, 0.15) is 0 Å². The lowest BCUT2D eigenvalue weighted by Crippen LogP contribution is -2.30. The monoisotopic (exact) mass is 364 g/mol. The molecule has 4 aliphatic rings. The van der Waals surface area contributed by atoms with E-state index in [4.69, 9.17) is 18.9 Å². The Kier molecular flexibility index (Phi) is 7.04. The minimum Gasteiger partial charge on any atom is -0.353 e. The third-order valence-electron chi connectivity index (χ3n) is 6.54. The summed E-state index contributed by atoms with van der Waals surface area (Å²) in [7, 11) is 0. The molecule has 0 spiro atoms. The molecule has 0 aromatic rings. The normalized spacial score (nSPS) is 36.9. The molecule has 4 heteroatoms. The van der Waals surface area contributed by atoms with Crippen LogP contribution in [0.25, 0.3) is 0 Å².